The molecule has 0 radical (unpaired) electrons. The van der Waals surface area contributed by atoms with Crippen LogP contribution in [-0.4, -0.2) is 59.3 Å². The zero-order valence-corrected chi connectivity index (χ0v) is 19.0. The lowest BCUT2D eigenvalue weighted by atomic mass is 10.0. The summed E-state index contributed by atoms with van der Waals surface area (Å²) in [6.07, 6.45) is 2.26. The van der Waals surface area contributed by atoms with Crippen LogP contribution in [0.3, 0.4) is 0 Å². The molecular formula is C26H31N3O4. The van der Waals surface area contributed by atoms with Crippen LogP contribution in [0.2, 0.25) is 0 Å². The number of carbonyl (C=O) groups is 3. The molecule has 2 aliphatic heterocycles. The summed E-state index contributed by atoms with van der Waals surface area (Å²) in [7, 11) is 0. The Morgan fingerprint density at radius 3 is 2.42 bits per heavy atom. The van der Waals surface area contributed by atoms with Gasteiger partial charge in [-0.15, -0.1) is 0 Å². The van der Waals surface area contributed by atoms with E-state index in [-0.39, 0.29) is 23.8 Å². The molecule has 0 saturated carbocycles. The number of carbonyl (C=O) groups excluding carboxylic acids is 3. The second kappa shape index (κ2) is 10.5. The minimum Gasteiger partial charge on any atom is -0.493 e. The summed E-state index contributed by atoms with van der Waals surface area (Å²) in [5, 5.41) is 2.99. The Balaban J connectivity index is 1.36. The third-order valence-electron chi connectivity index (χ3n) is 6.43. The third-order valence-corrected chi connectivity index (χ3v) is 6.43. The highest BCUT2D eigenvalue weighted by atomic mass is 16.5. The van der Waals surface area contributed by atoms with Gasteiger partial charge < -0.3 is 19.9 Å². The lowest BCUT2D eigenvalue weighted by Gasteiger charge is -2.39. The SMILES string of the molecule is CCOc1ccccc1C(=O)N1CCC(N2C(=O)CCC2C(=O)NCc2ccccc2)CC1. The Bertz CT molecular complexity index is 986. The lowest BCUT2D eigenvalue weighted by Crippen LogP contribution is -2.53. The summed E-state index contributed by atoms with van der Waals surface area (Å²) < 4.78 is 5.62. The van der Waals surface area contributed by atoms with Crippen LogP contribution in [0.4, 0.5) is 0 Å². The predicted octanol–water partition coefficient (Wildman–Crippen LogP) is 3.00. The molecule has 7 nitrogen and oxygen atoms in total. The van der Waals surface area contributed by atoms with Crippen molar-refractivity contribution >= 4 is 17.7 Å². The second-order valence-electron chi connectivity index (χ2n) is 8.51. The van der Waals surface area contributed by atoms with Gasteiger partial charge >= 0.3 is 0 Å². The molecule has 1 atom stereocenters. The molecular weight excluding hydrogens is 418 g/mol. The number of piperidine rings is 1. The van der Waals surface area contributed by atoms with Gasteiger partial charge in [0.25, 0.3) is 5.91 Å². The lowest BCUT2D eigenvalue weighted by molar-refractivity contribution is -0.138. The van der Waals surface area contributed by atoms with Gasteiger partial charge in [0.2, 0.25) is 11.8 Å². The Morgan fingerprint density at radius 1 is 1.00 bits per heavy atom. The third kappa shape index (κ3) is 5.18. The van der Waals surface area contributed by atoms with Crippen molar-refractivity contribution in [1.29, 1.82) is 0 Å². The van der Waals surface area contributed by atoms with E-state index in [0.717, 1.165) is 5.56 Å². The largest absolute Gasteiger partial charge is 0.493 e. The summed E-state index contributed by atoms with van der Waals surface area (Å²) in [6.45, 7) is 3.94. The van der Waals surface area contributed by atoms with Gasteiger partial charge in [-0.3, -0.25) is 14.4 Å². The summed E-state index contributed by atoms with van der Waals surface area (Å²) in [5.41, 5.74) is 1.59. The molecule has 2 heterocycles. The van der Waals surface area contributed by atoms with Crippen LogP contribution < -0.4 is 10.1 Å². The van der Waals surface area contributed by atoms with Gasteiger partial charge in [0.15, 0.2) is 0 Å². The molecule has 2 saturated heterocycles. The monoisotopic (exact) mass is 449 g/mol. The van der Waals surface area contributed by atoms with Gasteiger partial charge in [0.05, 0.1) is 12.2 Å². The molecule has 0 aromatic heterocycles. The maximum atomic E-state index is 13.1. The van der Waals surface area contributed by atoms with Crippen LogP contribution in [0.25, 0.3) is 0 Å². The first-order valence-corrected chi connectivity index (χ1v) is 11.7. The number of para-hydroxylation sites is 1. The minimum absolute atomic E-state index is 0.0290. The maximum absolute atomic E-state index is 13.1. The Kier molecular flexibility index (Phi) is 7.27. The van der Waals surface area contributed by atoms with E-state index in [1.807, 2.05) is 60.4 Å². The molecule has 2 fully saturated rings. The van der Waals surface area contributed by atoms with E-state index >= 15 is 0 Å². The van der Waals surface area contributed by atoms with Gasteiger partial charge in [-0.1, -0.05) is 42.5 Å². The fraction of sp³-hybridized carbons (Fsp3) is 0.423. The van der Waals surface area contributed by atoms with Crippen molar-refractivity contribution in [2.24, 2.45) is 0 Å². The fourth-order valence-corrected chi connectivity index (χ4v) is 4.76. The highest BCUT2D eigenvalue weighted by molar-refractivity contribution is 5.97. The smallest absolute Gasteiger partial charge is 0.257 e. The van der Waals surface area contributed by atoms with Crippen LogP contribution in [-0.2, 0) is 16.1 Å². The Labute approximate surface area is 194 Å². The van der Waals surface area contributed by atoms with E-state index in [0.29, 0.717) is 63.2 Å². The van der Waals surface area contributed by atoms with Crippen molar-refractivity contribution in [3.63, 3.8) is 0 Å². The molecule has 2 aliphatic rings. The average molecular weight is 450 g/mol. The number of benzene rings is 2. The first kappa shape index (κ1) is 22.8. The van der Waals surface area contributed by atoms with E-state index in [1.165, 1.54) is 0 Å². The van der Waals surface area contributed by atoms with E-state index < -0.39 is 6.04 Å². The number of nitrogens with zero attached hydrogens (tertiary/aromatic N) is 2. The van der Waals surface area contributed by atoms with Gasteiger partial charge in [-0.25, -0.2) is 0 Å². The fourth-order valence-electron chi connectivity index (χ4n) is 4.76. The van der Waals surface area contributed by atoms with E-state index in [4.69, 9.17) is 4.74 Å². The van der Waals surface area contributed by atoms with Crippen LogP contribution in [0.5, 0.6) is 5.75 Å². The summed E-state index contributed by atoms with van der Waals surface area (Å²) >= 11 is 0. The molecule has 0 bridgehead atoms. The van der Waals surface area contributed by atoms with Gasteiger partial charge in [0.1, 0.15) is 11.8 Å². The van der Waals surface area contributed by atoms with Gasteiger partial charge in [0, 0.05) is 32.1 Å². The van der Waals surface area contributed by atoms with Gasteiger partial charge in [-0.05, 0) is 43.9 Å². The zero-order chi connectivity index (χ0) is 23.2. The second-order valence-corrected chi connectivity index (χ2v) is 8.51. The van der Waals surface area contributed by atoms with Crippen molar-refractivity contribution < 1.29 is 19.1 Å². The quantitative estimate of drug-likeness (QED) is 0.705. The summed E-state index contributed by atoms with van der Waals surface area (Å²) in [5.74, 6) is 0.467. The zero-order valence-electron chi connectivity index (χ0n) is 19.0. The van der Waals surface area contributed by atoms with E-state index in [1.54, 1.807) is 11.0 Å². The predicted molar refractivity (Wildman–Crippen MR) is 125 cm³/mol. The first-order valence-electron chi connectivity index (χ1n) is 11.7. The molecule has 0 spiro atoms. The molecule has 33 heavy (non-hydrogen) atoms. The molecule has 2 aromatic carbocycles. The number of rotatable bonds is 7. The minimum atomic E-state index is -0.438. The Morgan fingerprint density at radius 2 is 1.70 bits per heavy atom. The Hall–Kier alpha value is -3.35. The topological polar surface area (TPSA) is 79.0 Å². The highest BCUT2D eigenvalue weighted by Crippen LogP contribution is 2.29. The molecule has 1 N–H and O–H groups in total. The molecule has 2 aromatic rings. The van der Waals surface area contributed by atoms with Crippen LogP contribution in [0.15, 0.2) is 54.6 Å². The van der Waals surface area contributed by atoms with Crippen LogP contribution >= 0.6 is 0 Å². The van der Waals surface area contributed by atoms with Crippen molar-refractivity contribution in [3.8, 4) is 5.75 Å². The summed E-state index contributed by atoms with van der Waals surface area (Å²) in [6, 6.07) is 16.6. The average Bonchev–Trinajstić information content (AvgIpc) is 3.25. The number of nitrogens with one attached hydrogen (secondary N) is 1. The molecule has 0 aliphatic carbocycles. The maximum Gasteiger partial charge on any atom is 0.257 e. The van der Waals surface area contributed by atoms with Crippen molar-refractivity contribution in [3.05, 3.63) is 65.7 Å². The number of hydrogen-bond acceptors (Lipinski definition) is 4. The van der Waals surface area contributed by atoms with E-state index in [2.05, 4.69) is 5.32 Å². The molecule has 174 valence electrons. The van der Waals surface area contributed by atoms with Crippen LogP contribution in [0.1, 0.15) is 48.5 Å². The van der Waals surface area contributed by atoms with Crippen LogP contribution in [0, 0.1) is 0 Å². The molecule has 1 unspecified atom stereocenters. The standard InChI is InChI=1S/C26H31N3O4/c1-2-33-23-11-7-6-10-21(23)26(32)28-16-14-20(15-17-28)29-22(12-13-24(29)30)25(31)27-18-19-8-4-3-5-9-19/h3-11,20,22H,2,12-18H2,1H3,(H,27,31). The highest BCUT2D eigenvalue weighted by Gasteiger charge is 2.41. The molecule has 7 heteroatoms. The number of likely N-dealkylation sites (tertiary alicyclic amines) is 2. The van der Waals surface area contributed by atoms with Crippen molar-refractivity contribution in [1.82, 2.24) is 15.1 Å². The number of amides is 3. The van der Waals surface area contributed by atoms with Crippen molar-refractivity contribution in [2.45, 2.75) is 51.2 Å². The van der Waals surface area contributed by atoms with Crippen molar-refractivity contribution in [2.75, 3.05) is 19.7 Å². The number of ether oxygens (including phenoxy) is 1. The number of hydrogen-bond donors (Lipinski definition) is 1. The molecule has 3 amide bonds. The first-order chi connectivity index (χ1) is 16.1. The summed E-state index contributed by atoms with van der Waals surface area (Å²) in [4.78, 5) is 42.2. The van der Waals surface area contributed by atoms with E-state index in [9.17, 15) is 14.4 Å². The van der Waals surface area contributed by atoms with Gasteiger partial charge in [-0.2, -0.15) is 0 Å². The normalized spacial score (nSPS) is 18.9. The molecule has 4 rings (SSSR count).